The van der Waals surface area contributed by atoms with Crippen LogP contribution in [-0.2, 0) is 6.54 Å². The molecule has 0 aliphatic carbocycles. The molecule has 0 atom stereocenters. The quantitative estimate of drug-likeness (QED) is 0.724. The Morgan fingerprint density at radius 3 is 2.50 bits per heavy atom. The molecule has 3 aromatic rings. The molecule has 4 nitrogen and oxygen atoms in total. The molecule has 0 saturated heterocycles. The first kappa shape index (κ1) is 15.7. The molecule has 1 N–H and O–H groups in total. The summed E-state index contributed by atoms with van der Waals surface area (Å²) in [5.41, 5.74) is 1.65. The van der Waals surface area contributed by atoms with Crippen LogP contribution < -0.4 is 14.6 Å². The van der Waals surface area contributed by atoms with Crippen molar-refractivity contribution in [2.75, 3.05) is 12.0 Å². The first-order valence-corrected chi connectivity index (χ1v) is 7.74. The highest BCUT2D eigenvalue weighted by Gasteiger charge is 2.26. The van der Waals surface area contributed by atoms with Crippen LogP contribution in [0.3, 0.4) is 0 Å². The van der Waals surface area contributed by atoms with Crippen LogP contribution in [0.5, 0.6) is 5.75 Å². The van der Waals surface area contributed by atoms with E-state index < -0.39 is 0 Å². The standard InChI is InChI=1S/C20H18N2O2/c1-24-18-11-7-10-17(14-18)20(23)22(19-12-5-6-13-21-19)15-16-8-3-2-4-9-16/h2-14H,15H2,1H3/p+1. The second-order valence-corrected chi connectivity index (χ2v) is 5.36. The minimum atomic E-state index is -0.0831. The zero-order chi connectivity index (χ0) is 16.8. The number of carbonyl (C=O) groups is 1. The Bertz CT molecular complexity index is 804. The predicted octanol–water partition coefficient (Wildman–Crippen LogP) is 3.36. The molecule has 0 unspecified atom stereocenters. The summed E-state index contributed by atoms with van der Waals surface area (Å²) < 4.78 is 5.23. The third-order valence-corrected chi connectivity index (χ3v) is 3.73. The molecule has 1 aromatic heterocycles. The van der Waals surface area contributed by atoms with Crippen LogP contribution >= 0.6 is 0 Å². The van der Waals surface area contributed by atoms with Crippen molar-refractivity contribution in [2.45, 2.75) is 6.54 Å². The predicted molar refractivity (Wildman–Crippen MR) is 92.9 cm³/mol. The van der Waals surface area contributed by atoms with Crippen LogP contribution in [0.15, 0.2) is 79.0 Å². The first-order valence-electron chi connectivity index (χ1n) is 7.74. The fourth-order valence-corrected chi connectivity index (χ4v) is 2.50. The van der Waals surface area contributed by atoms with Gasteiger partial charge in [-0.15, -0.1) is 0 Å². The van der Waals surface area contributed by atoms with Crippen molar-refractivity contribution in [2.24, 2.45) is 0 Å². The highest BCUT2D eigenvalue weighted by Crippen LogP contribution is 2.19. The van der Waals surface area contributed by atoms with Crippen molar-refractivity contribution in [3.05, 3.63) is 90.1 Å². The zero-order valence-corrected chi connectivity index (χ0v) is 13.5. The number of hydrogen-bond donors (Lipinski definition) is 0. The minimum absolute atomic E-state index is 0.0831. The summed E-state index contributed by atoms with van der Waals surface area (Å²) >= 11 is 0. The topological polar surface area (TPSA) is 43.7 Å². The molecular weight excluding hydrogens is 300 g/mol. The van der Waals surface area contributed by atoms with E-state index in [1.807, 2.05) is 66.9 Å². The maximum atomic E-state index is 13.1. The van der Waals surface area contributed by atoms with Gasteiger partial charge in [0.15, 0.2) is 0 Å². The Morgan fingerprint density at radius 2 is 1.79 bits per heavy atom. The number of aromatic nitrogens is 1. The number of rotatable bonds is 5. The molecule has 0 bridgehead atoms. The summed E-state index contributed by atoms with van der Waals surface area (Å²) in [6.45, 7) is 0.484. The Kier molecular flexibility index (Phi) is 4.87. The number of pyridine rings is 1. The molecule has 0 spiro atoms. The van der Waals surface area contributed by atoms with Crippen LogP contribution in [0, 0.1) is 0 Å². The van der Waals surface area contributed by atoms with Crippen LogP contribution in [0.25, 0.3) is 0 Å². The van der Waals surface area contributed by atoms with Crippen LogP contribution in [0.1, 0.15) is 15.9 Å². The first-order chi connectivity index (χ1) is 11.8. The van der Waals surface area contributed by atoms with Crippen LogP contribution in [-0.4, -0.2) is 13.0 Å². The van der Waals surface area contributed by atoms with Crippen molar-refractivity contribution in [3.8, 4) is 5.75 Å². The molecule has 0 radical (unpaired) electrons. The molecule has 4 heteroatoms. The van der Waals surface area contributed by atoms with Gasteiger partial charge in [-0.3, -0.25) is 0 Å². The summed E-state index contributed by atoms with van der Waals surface area (Å²) in [5.74, 6) is 1.33. The summed E-state index contributed by atoms with van der Waals surface area (Å²) in [6, 6.07) is 22.8. The molecule has 0 fully saturated rings. The summed E-state index contributed by atoms with van der Waals surface area (Å²) in [6.07, 6.45) is 1.81. The highest BCUT2D eigenvalue weighted by molar-refractivity contribution is 6.05. The van der Waals surface area contributed by atoms with E-state index in [0.717, 1.165) is 11.4 Å². The van der Waals surface area contributed by atoms with Crippen molar-refractivity contribution < 1.29 is 14.5 Å². The number of carbonyl (C=O) groups excluding carboxylic acids is 1. The number of benzene rings is 2. The molecule has 0 aliphatic rings. The average molecular weight is 319 g/mol. The molecule has 3 rings (SSSR count). The number of H-pyrrole nitrogens is 1. The molecule has 0 aliphatic heterocycles. The SMILES string of the molecule is COc1cccc(C(=O)N(Cc2ccccc2)c2cccc[nH+]2)c1. The van der Waals surface area contributed by atoms with Gasteiger partial charge in [0.2, 0.25) is 0 Å². The maximum absolute atomic E-state index is 13.1. The van der Waals surface area contributed by atoms with E-state index in [1.165, 1.54) is 0 Å². The Morgan fingerprint density at radius 1 is 1.00 bits per heavy atom. The largest absolute Gasteiger partial charge is 0.497 e. The number of aromatic amines is 1. The monoisotopic (exact) mass is 319 g/mol. The van der Waals surface area contributed by atoms with Gasteiger partial charge in [-0.05, 0) is 29.8 Å². The third-order valence-electron chi connectivity index (χ3n) is 3.73. The summed E-state index contributed by atoms with van der Waals surface area (Å²) in [7, 11) is 1.59. The summed E-state index contributed by atoms with van der Waals surface area (Å²) in [5, 5.41) is 0. The van der Waals surface area contributed by atoms with E-state index in [9.17, 15) is 4.79 Å². The normalized spacial score (nSPS) is 10.2. The maximum Gasteiger partial charge on any atom is 0.341 e. The molecule has 0 saturated carbocycles. The van der Waals surface area contributed by atoms with E-state index >= 15 is 0 Å². The second-order valence-electron chi connectivity index (χ2n) is 5.36. The minimum Gasteiger partial charge on any atom is -0.497 e. The smallest absolute Gasteiger partial charge is 0.341 e. The number of nitrogens with zero attached hydrogens (tertiary/aromatic N) is 1. The van der Waals surface area contributed by atoms with Gasteiger partial charge in [-0.2, -0.15) is 4.90 Å². The van der Waals surface area contributed by atoms with Crippen LogP contribution in [0.4, 0.5) is 5.82 Å². The Hall–Kier alpha value is -3.14. The lowest BCUT2D eigenvalue weighted by atomic mass is 10.1. The lowest BCUT2D eigenvalue weighted by Crippen LogP contribution is -2.34. The van der Waals surface area contributed by atoms with Crippen molar-refractivity contribution in [1.82, 2.24) is 0 Å². The van der Waals surface area contributed by atoms with Gasteiger partial charge in [-0.25, -0.2) is 9.78 Å². The van der Waals surface area contributed by atoms with Crippen molar-refractivity contribution in [3.63, 3.8) is 0 Å². The van der Waals surface area contributed by atoms with Gasteiger partial charge >= 0.3 is 5.91 Å². The molecule has 1 amide bonds. The van der Waals surface area contributed by atoms with Gasteiger partial charge in [0, 0.05) is 6.07 Å². The number of nitrogens with one attached hydrogen (secondary N) is 1. The Balaban J connectivity index is 1.96. The van der Waals surface area contributed by atoms with E-state index in [0.29, 0.717) is 17.9 Å². The van der Waals surface area contributed by atoms with Crippen LogP contribution in [0.2, 0.25) is 0 Å². The molecule has 2 aromatic carbocycles. The molecule has 120 valence electrons. The van der Waals surface area contributed by atoms with Gasteiger partial charge in [0.25, 0.3) is 5.82 Å². The van der Waals surface area contributed by atoms with E-state index in [4.69, 9.17) is 4.74 Å². The van der Waals surface area contributed by atoms with Crippen molar-refractivity contribution >= 4 is 11.7 Å². The van der Waals surface area contributed by atoms with E-state index in [1.54, 1.807) is 24.1 Å². The second kappa shape index (κ2) is 7.42. The average Bonchev–Trinajstić information content (AvgIpc) is 2.67. The zero-order valence-electron chi connectivity index (χ0n) is 13.5. The molecule has 24 heavy (non-hydrogen) atoms. The number of methoxy groups -OCH3 is 1. The number of amides is 1. The fraction of sp³-hybridized carbons (Fsp3) is 0.100. The van der Waals surface area contributed by atoms with E-state index in [2.05, 4.69) is 4.98 Å². The van der Waals surface area contributed by atoms with Crippen molar-refractivity contribution in [1.29, 1.82) is 0 Å². The third kappa shape index (κ3) is 3.60. The number of anilines is 1. The van der Waals surface area contributed by atoms with Gasteiger partial charge in [-0.1, -0.05) is 42.5 Å². The lowest BCUT2D eigenvalue weighted by molar-refractivity contribution is -0.363. The van der Waals surface area contributed by atoms with Gasteiger partial charge in [0.1, 0.15) is 12.3 Å². The summed E-state index contributed by atoms with van der Waals surface area (Å²) in [4.78, 5) is 17.9. The molecular formula is C20H19N2O2+. The molecule has 1 heterocycles. The van der Waals surface area contributed by atoms with Gasteiger partial charge < -0.3 is 4.74 Å². The Labute approximate surface area is 141 Å². The fourth-order valence-electron chi connectivity index (χ4n) is 2.50. The number of hydrogen-bond acceptors (Lipinski definition) is 2. The van der Waals surface area contributed by atoms with E-state index in [-0.39, 0.29) is 5.91 Å². The lowest BCUT2D eigenvalue weighted by Gasteiger charge is -2.15. The highest BCUT2D eigenvalue weighted by atomic mass is 16.5. The number of ether oxygens (including phenoxy) is 1. The van der Waals surface area contributed by atoms with Gasteiger partial charge in [0.05, 0.1) is 18.9 Å².